The molecule has 3 N–H and O–H groups in total. The molecule has 4 aliphatic rings. The van der Waals surface area contributed by atoms with E-state index in [1.165, 1.54) is 36.4 Å². The van der Waals surface area contributed by atoms with Crippen LogP contribution in [0.1, 0.15) is 102 Å². The lowest BCUT2D eigenvalue weighted by Crippen LogP contribution is -2.38. The standard InChI is InChI=1S/C59H73Cl2F2N9O8S2/c1-65-58-29-43(61)28-49-54(37-70(3)38-55(49)58)51-31-47(11-13-57(51)63)82(77,78)68-44-15-19-72(34-44)21-25-80-23-17-67-59(74)66-16-6-4-5-8-45(73)9-7-22-79-24-20-71-18-14-40(33-71)39-81(75,76)46-10-12-56(62)50(30-46)53-36-69(2)35-52-41(32-64)26-42(60)27-48(52)53/h10-13,26-31,40,44,53-54,68H,4-9,14-25,33-39H2,2-3H3,(H2,66,67,74)/t40-,44-,53?,54?/m0/s1. The Morgan fingerprint density at radius 1 is 0.707 bits per heavy atom. The van der Waals surface area contributed by atoms with Gasteiger partial charge in [0, 0.05) is 113 Å². The molecule has 82 heavy (non-hydrogen) atoms. The number of sulfonamides is 1. The molecular formula is C59H73Cl2F2N9O8S2. The number of ether oxygens (including phenoxy) is 2. The second-order valence-electron chi connectivity index (χ2n) is 22.1. The van der Waals surface area contributed by atoms with Crippen molar-refractivity contribution in [2.24, 2.45) is 5.92 Å². The first-order valence-corrected chi connectivity index (χ1v) is 32.0. The molecule has 2 unspecified atom stereocenters. The van der Waals surface area contributed by atoms with Gasteiger partial charge < -0.3 is 34.8 Å². The molecule has 4 atom stereocenters. The molecule has 4 heterocycles. The SMILES string of the molecule is [C-]#[N+]c1cc(Cl)cc2c1CN(C)CC2c1cc(S(=O)(=O)N[C@H]2CCN(CCOCCNC(=O)NCCCCCC(=O)CCCOCCN3CC[C@H](CS(=O)(=O)c4ccc(F)c(C5CN(C)Cc6c(C#N)cc(Cl)cc65)c4)C3)C2)ccc1F. The van der Waals surface area contributed by atoms with Crippen molar-refractivity contribution in [2.45, 2.75) is 92.1 Å². The number of likely N-dealkylation sites (N-methyl/N-ethyl adjacent to an activating group) is 2. The number of rotatable bonds is 27. The number of carbonyl (C=O) groups excluding carboxylic acids is 2. The van der Waals surface area contributed by atoms with Crippen LogP contribution >= 0.6 is 23.2 Å². The number of Topliss-reactive ketones (excluding diaryl/α,β-unsaturated/α-hetero) is 1. The van der Waals surface area contributed by atoms with Crippen molar-refractivity contribution in [3.8, 4) is 6.07 Å². The van der Waals surface area contributed by atoms with Crippen LogP contribution in [0.15, 0.2) is 70.5 Å². The van der Waals surface area contributed by atoms with E-state index in [0.717, 1.165) is 48.1 Å². The van der Waals surface area contributed by atoms with Gasteiger partial charge in [-0.15, -0.1) is 0 Å². The Kier molecular flexibility index (Phi) is 22.3. The molecule has 0 bridgehead atoms. The number of unbranched alkanes of at least 4 members (excludes halogenated alkanes) is 2. The Hall–Kier alpha value is -5.14. The highest BCUT2D eigenvalue weighted by Crippen LogP contribution is 2.42. The van der Waals surface area contributed by atoms with Gasteiger partial charge in [0.1, 0.15) is 17.4 Å². The average Bonchev–Trinajstić information content (AvgIpc) is 4.22. The average molecular weight is 1210 g/mol. The number of hydrogen-bond acceptors (Lipinski definition) is 13. The van der Waals surface area contributed by atoms with Crippen molar-refractivity contribution in [3.05, 3.63) is 133 Å². The summed E-state index contributed by atoms with van der Waals surface area (Å²) in [4.78, 5) is 36.7. The molecule has 0 saturated carbocycles. The number of urea groups is 1. The number of hydrogen-bond donors (Lipinski definition) is 3. The third kappa shape index (κ3) is 16.8. The normalized spacial score (nSPS) is 19.8. The maximum Gasteiger partial charge on any atom is 0.314 e. The summed E-state index contributed by atoms with van der Waals surface area (Å²) in [6, 6.07) is 16.1. The van der Waals surface area contributed by atoms with Crippen molar-refractivity contribution in [1.29, 1.82) is 5.26 Å². The molecule has 23 heteroatoms. The highest BCUT2D eigenvalue weighted by Gasteiger charge is 2.35. The summed E-state index contributed by atoms with van der Waals surface area (Å²) < 4.78 is 99.8. The lowest BCUT2D eigenvalue weighted by Gasteiger charge is -2.34. The van der Waals surface area contributed by atoms with Crippen molar-refractivity contribution in [1.82, 2.24) is 35.0 Å². The molecule has 4 aliphatic heterocycles. The van der Waals surface area contributed by atoms with E-state index in [0.29, 0.717) is 152 Å². The van der Waals surface area contributed by atoms with Crippen LogP contribution in [0.5, 0.6) is 0 Å². The number of fused-ring (bicyclic) bond motifs is 2. The second-order valence-corrected chi connectivity index (χ2v) is 26.7. The Bertz CT molecular complexity index is 3040. The number of halogens is 4. The first kappa shape index (κ1) is 62.9. The summed E-state index contributed by atoms with van der Waals surface area (Å²) in [5.41, 5.74) is 4.31. The summed E-state index contributed by atoms with van der Waals surface area (Å²) in [5.74, 6) is -2.01. The monoisotopic (exact) mass is 1210 g/mol. The number of nitrogens with zero attached hydrogens (tertiary/aromatic N) is 6. The van der Waals surface area contributed by atoms with Gasteiger partial charge in [0.15, 0.2) is 15.5 Å². The fraction of sp³-hybridized carbons (Fsp3) is 0.525. The van der Waals surface area contributed by atoms with E-state index in [1.807, 2.05) is 23.9 Å². The zero-order chi connectivity index (χ0) is 58.6. The molecule has 4 aromatic carbocycles. The van der Waals surface area contributed by atoms with Crippen LogP contribution in [0.3, 0.4) is 0 Å². The number of likely N-dealkylation sites (tertiary alicyclic amines) is 2. The number of benzene rings is 4. The fourth-order valence-electron chi connectivity index (χ4n) is 11.7. The lowest BCUT2D eigenvalue weighted by atomic mass is 9.83. The van der Waals surface area contributed by atoms with E-state index in [1.54, 1.807) is 24.3 Å². The smallest absolute Gasteiger partial charge is 0.314 e. The summed E-state index contributed by atoms with van der Waals surface area (Å²) in [6.07, 6.45) is 5.08. The third-order valence-corrected chi connectivity index (χ3v) is 19.7. The van der Waals surface area contributed by atoms with Gasteiger partial charge in [-0.25, -0.2) is 40.0 Å². The van der Waals surface area contributed by atoms with Gasteiger partial charge >= 0.3 is 6.03 Å². The Morgan fingerprint density at radius 3 is 2.00 bits per heavy atom. The van der Waals surface area contributed by atoms with Gasteiger partial charge in [-0.3, -0.25) is 9.69 Å². The zero-order valence-electron chi connectivity index (χ0n) is 46.5. The molecule has 0 spiro atoms. The van der Waals surface area contributed by atoms with Gasteiger partial charge in [-0.05, 0) is 159 Å². The van der Waals surface area contributed by atoms with E-state index in [2.05, 4.69) is 36.1 Å². The van der Waals surface area contributed by atoms with E-state index in [4.69, 9.17) is 39.2 Å². The molecule has 442 valence electrons. The van der Waals surface area contributed by atoms with Crippen molar-refractivity contribution in [2.75, 3.05) is 112 Å². The van der Waals surface area contributed by atoms with E-state index >= 15 is 8.78 Å². The molecular weight excluding hydrogens is 1140 g/mol. The topological polar surface area (TPSA) is 198 Å². The van der Waals surface area contributed by atoms with E-state index in [9.17, 15) is 31.7 Å². The quantitative estimate of drug-likeness (QED) is 0.0294. The molecule has 8 rings (SSSR count). The van der Waals surface area contributed by atoms with Gasteiger partial charge in [0.05, 0.1) is 53.6 Å². The maximum absolute atomic E-state index is 15.4. The van der Waals surface area contributed by atoms with Crippen LogP contribution in [0.2, 0.25) is 10.0 Å². The number of sulfone groups is 1. The molecule has 2 fully saturated rings. The largest absolute Gasteiger partial charge is 0.380 e. The number of ketones is 1. The number of nitriles is 1. The molecule has 0 aliphatic carbocycles. The summed E-state index contributed by atoms with van der Waals surface area (Å²) in [5, 5.41) is 16.1. The van der Waals surface area contributed by atoms with E-state index in [-0.39, 0.29) is 50.4 Å². The summed E-state index contributed by atoms with van der Waals surface area (Å²) in [7, 11) is -3.95. The predicted octanol–water partition coefficient (Wildman–Crippen LogP) is 8.24. The fourth-order valence-corrected chi connectivity index (χ4v) is 15.1. The predicted molar refractivity (Wildman–Crippen MR) is 311 cm³/mol. The Labute approximate surface area is 491 Å². The van der Waals surface area contributed by atoms with Gasteiger partial charge in [-0.2, -0.15) is 5.26 Å². The van der Waals surface area contributed by atoms with Crippen LogP contribution < -0.4 is 15.4 Å². The minimum atomic E-state index is -3.99. The molecule has 0 radical (unpaired) electrons. The zero-order valence-corrected chi connectivity index (χ0v) is 49.7. The first-order valence-electron chi connectivity index (χ1n) is 28.1. The van der Waals surface area contributed by atoms with Crippen molar-refractivity contribution in [3.63, 3.8) is 0 Å². The maximum atomic E-state index is 15.4. The highest BCUT2D eigenvalue weighted by molar-refractivity contribution is 7.91. The highest BCUT2D eigenvalue weighted by atomic mass is 35.5. The second kappa shape index (κ2) is 29.1. The van der Waals surface area contributed by atoms with Crippen LogP contribution in [-0.2, 0) is 47.2 Å². The number of nitrogens with one attached hydrogen (secondary N) is 3. The molecule has 2 saturated heterocycles. The number of carbonyl (C=O) groups is 2. The lowest BCUT2D eigenvalue weighted by molar-refractivity contribution is -0.119. The Balaban J connectivity index is 0.624. The van der Waals surface area contributed by atoms with Crippen LogP contribution in [0.25, 0.3) is 4.85 Å². The van der Waals surface area contributed by atoms with Crippen LogP contribution in [-0.4, -0.2) is 166 Å². The van der Waals surface area contributed by atoms with Crippen molar-refractivity contribution < 1.29 is 44.7 Å². The van der Waals surface area contributed by atoms with Crippen LogP contribution in [0, 0.1) is 35.5 Å². The summed E-state index contributed by atoms with van der Waals surface area (Å²) >= 11 is 12.7. The van der Waals surface area contributed by atoms with Gasteiger partial charge in [0.2, 0.25) is 10.0 Å². The minimum Gasteiger partial charge on any atom is -0.380 e. The molecule has 17 nitrogen and oxygen atoms in total. The van der Waals surface area contributed by atoms with Crippen LogP contribution in [0.4, 0.5) is 19.3 Å². The summed E-state index contributed by atoms with van der Waals surface area (Å²) in [6.45, 7) is 15.7. The first-order chi connectivity index (χ1) is 39.3. The van der Waals surface area contributed by atoms with Gasteiger partial charge in [-0.1, -0.05) is 29.6 Å². The molecule has 4 aromatic rings. The molecule has 2 amide bonds. The van der Waals surface area contributed by atoms with Crippen molar-refractivity contribution >= 4 is 60.6 Å². The number of amides is 2. The van der Waals surface area contributed by atoms with E-state index < -0.39 is 43.3 Å². The molecule has 0 aromatic heterocycles. The van der Waals surface area contributed by atoms with Gasteiger partial charge in [0.25, 0.3) is 0 Å². The third-order valence-electron chi connectivity index (χ3n) is 15.9. The Morgan fingerprint density at radius 2 is 1.30 bits per heavy atom. The minimum absolute atomic E-state index is 0.0325.